The SMILES string of the molecule is CN(C)c1ccc2c(-c3ccc(C(=O)NCCCCCNC(=O)c4ccc5c(c4)CN(C(=O)c4c(O)cc(O)cc4OCc4ccccc4)C5)cc3C(=O)O)c3ccc(=[N+](C)C)cc-3oc2c1. The van der Waals surface area contributed by atoms with Crippen LogP contribution in [-0.4, -0.2) is 85.2 Å². The number of rotatable bonds is 15. The predicted octanol–water partition coefficient (Wildman–Crippen LogP) is 7.48. The van der Waals surface area contributed by atoms with Crippen LogP contribution in [0.4, 0.5) is 5.69 Å². The van der Waals surface area contributed by atoms with Crippen LogP contribution in [0.15, 0.2) is 120 Å². The lowest BCUT2D eigenvalue weighted by molar-refractivity contribution is 0.0695. The van der Waals surface area contributed by atoms with Gasteiger partial charge in [0.1, 0.15) is 54.9 Å². The Hall–Kier alpha value is -8.13. The van der Waals surface area contributed by atoms with Gasteiger partial charge in [0, 0.05) is 97.9 Å². The lowest BCUT2D eigenvalue weighted by Crippen LogP contribution is -2.26. The number of carbonyl (C=O) groups excluding carboxylic acids is 3. The fraction of sp³-hybridized carbons (Fsp3) is 0.226. The van der Waals surface area contributed by atoms with Crippen molar-refractivity contribution in [2.24, 2.45) is 0 Å². The van der Waals surface area contributed by atoms with Crippen LogP contribution in [0.1, 0.15) is 77.4 Å². The molecule has 0 bridgehead atoms. The molecule has 0 unspecified atom stereocenters. The number of carbonyl (C=O) groups is 4. The molecule has 0 fully saturated rings. The highest BCUT2D eigenvalue weighted by molar-refractivity contribution is 6.09. The van der Waals surface area contributed by atoms with Crippen molar-refractivity contribution in [1.29, 1.82) is 0 Å². The molecule has 0 spiro atoms. The molecule has 342 valence electrons. The molecule has 5 N–H and O–H groups in total. The van der Waals surface area contributed by atoms with E-state index in [1.165, 1.54) is 12.1 Å². The largest absolute Gasteiger partial charge is 0.508 e. The lowest BCUT2D eigenvalue weighted by atomic mass is 9.89. The Balaban J connectivity index is 0.847. The van der Waals surface area contributed by atoms with Gasteiger partial charge in [0.15, 0.2) is 0 Å². The van der Waals surface area contributed by atoms with Crippen LogP contribution in [0.2, 0.25) is 0 Å². The number of nitrogens with zero attached hydrogens (tertiary/aromatic N) is 3. The average molecular weight is 903 g/mol. The van der Waals surface area contributed by atoms with E-state index in [-0.39, 0.29) is 59.7 Å². The maximum absolute atomic E-state index is 13.8. The van der Waals surface area contributed by atoms with E-state index in [2.05, 4.69) is 10.6 Å². The number of fused-ring (bicyclic) bond motifs is 3. The maximum atomic E-state index is 13.8. The Morgan fingerprint density at radius 1 is 0.746 bits per heavy atom. The van der Waals surface area contributed by atoms with Crippen molar-refractivity contribution >= 4 is 40.3 Å². The molecule has 2 heterocycles. The predicted molar refractivity (Wildman–Crippen MR) is 256 cm³/mol. The number of benzene rings is 6. The highest BCUT2D eigenvalue weighted by Crippen LogP contribution is 2.42. The number of amides is 3. The van der Waals surface area contributed by atoms with Crippen molar-refractivity contribution in [1.82, 2.24) is 20.1 Å². The molecule has 0 atom stereocenters. The molecule has 8 rings (SSSR count). The average Bonchev–Trinajstić information content (AvgIpc) is 3.75. The van der Waals surface area contributed by atoms with Gasteiger partial charge in [-0.1, -0.05) is 42.5 Å². The highest BCUT2D eigenvalue weighted by Gasteiger charge is 2.30. The van der Waals surface area contributed by atoms with E-state index in [1.54, 1.807) is 29.2 Å². The van der Waals surface area contributed by atoms with Crippen molar-refractivity contribution in [3.63, 3.8) is 0 Å². The van der Waals surface area contributed by atoms with E-state index in [1.807, 2.05) is 110 Å². The Bertz CT molecular complexity index is 3080. The molecule has 5 aromatic rings. The Labute approximate surface area is 387 Å². The van der Waals surface area contributed by atoms with Crippen LogP contribution in [0.25, 0.3) is 33.4 Å². The summed E-state index contributed by atoms with van der Waals surface area (Å²) in [6.45, 7) is 1.39. The number of nitrogens with one attached hydrogen (secondary N) is 2. The molecule has 1 aliphatic carbocycles. The fourth-order valence-electron chi connectivity index (χ4n) is 8.32. The minimum absolute atomic E-state index is 0.00651. The molecule has 5 aromatic carbocycles. The van der Waals surface area contributed by atoms with Crippen molar-refractivity contribution in [2.45, 2.75) is 39.0 Å². The van der Waals surface area contributed by atoms with Gasteiger partial charge in [-0.25, -0.2) is 9.37 Å². The zero-order valence-electron chi connectivity index (χ0n) is 37.8. The first kappa shape index (κ1) is 45.4. The standard InChI is InChI=1S/C53H51N5O9/c1-56(2)37-16-19-41-45(25-37)67-46-26-38(57(3)4)17-20-42(46)48(41)40-18-15-34(24-43(40)53(64)65)51(62)55-22-10-6-9-21-54-50(61)33-13-14-35-29-58(30-36(35)23-33)52(63)49-44(60)27-39(59)28-47(49)66-31-32-11-7-5-8-12-32/h5,7-8,11-20,23-28H,6,9-10,21-22,29-31H2,1-4H3,(H4-,54,55,59,60,61,62,63,64,65)/p+1. The fourth-order valence-corrected chi connectivity index (χ4v) is 8.32. The number of unbranched alkanes of at least 4 members (excludes halogenated alkanes) is 2. The summed E-state index contributed by atoms with van der Waals surface area (Å²) < 4.78 is 14.3. The molecule has 3 amide bonds. The maximum Gasteiger partial charge on any atom is 0.336 e. The Morgan fingerprint density at radius 3 is 2.13 bits per heavy atom. The van der Waals surface area contributed by atoms with Crippen LogP contribution in [-0.2, 0) is 19.7 Å². The summed E-state index contributed by atoms with van der Waals surface area (Å²) in [6.07, 6.45) is 2.01. The molecule has 0 aromatic heterocycles. The van der Waals surface area contributed by atoms with Crippen molar-refractivity contribution in [3.8, 4) is 39.7 Å². The van der Waals surface area contributed by atoms with Gasteiger partial charge in [-0.05, 0) is 84.0 Å². The molecule has 14 heteroatoms. The molecular formula is C53H52N5O9+. The number of phenols is 2. The number of phenolic OH excluding ortho intramolecular Hbond substituents is 2. The minimum atomic E-state index is -1.16. The van der Waals surface area contributed by atoms with E-state index < -0.39 is 17.6 Å². The molecular weight excluding hydrogens is 851 g/mol. The van der Waals surface area contributed by atoms with E-state index in [4.69, 9.17) is 9.15 Å². The van der Waals surface area contributed by atoms with Crippen molar-refractivity contribution in [3.05, 3.63) is 160 Å². The van der Waals surface area contributed by atoms with E-state index >= 15 is 0 Å². The first-order valence-corrected chi connectivity index (χ1v) is 22.0. The summed E-state index contributed by atoms with van der Waals surface area (Å²) in [4.78, 5) is 56.6. The number of anilines is 1. The topological polar surface area (TPSA) is 185 Å². The third-order valence-electron chi connectivity index (χ3n) is 11.9. The highest BCUT2D eigenvalue weighted by atomic mass is 16.5. The number of carboxylic acid groups (broad SMARTS) is 1. The number of ether oxygens (including phenoxy) is 1. The zero-order valence-corrected chi connectivity index (χ0v) is 37.8. The molecule has 67 heavy (non-hydrogen) atoms. The van der Waals surface area contributed by atoms with Gasteiger partial charge in [-0.3, -0.25) is 14.4 Å². The molecule has 2 aliphatic heterocycles. The summed E-state index contributed by atoms with van der Waals surface area (Å²) in [6, 6.07) is 33.4. The summed E-state index contributed by atoms with van der Waals surface area (Å²) >= 11 is 0. The van der Waals surface area contributed by atoms with E-state index in [0.29, 0.717) is 60.4 Å². The monoisotopic (exact) mass is 902 g/mol. The van der Waals surface area contributed by atoms with Crippen LogP contribution < -0.4 is 30.2 Å². The Kier molecular flexibility index (Phi) is 13.3. The zero-order chi connectivity index (χ0) is 47.4. The number of carboxylic acids is 1. The van der Waals surface area contributed by atoms with Gasteiger partial charge in [-0.15, -0.1) is 0 Å². The molecule has 3 aliphatic rings. The minimum Gasteiger partial charge on any atom is -0.508 e. The number of aromatic hydroxyl groups is 2. The number of hydrogen-bond donors (Lipinski definition) is 5. The summed E-state index contributed by atoms with van der Waals surface area (Å²) in [5.74, 6) is -2.24. The van der Waals surface area contributed by atoms with Crippen molar-refractivity contribution < 1.29 is 43.7 Å². The molecule has 0 saturated heterocycles. The van der Waals surface area contributed by atoms with Crippen LogP contribution in [0.3, 0.4) is 0 Å². The van der Waals surface area contributed by atoms with Gasteiger partial charge in [0.25, 0.3) is 17.7 Å². The van der Waals surface area contributed by atoms with Gasteiger partial charge < -0.3 is 44.9 Å². The second-order valence-corrected chi connectivity index (χ2v) is 17.0. The molecule has 14 nitrogen and oxygen atoms in total. The van der Waals surface area contributed by atoms with Gasteiger partial charge in [0.2, 0.25) is 5.36 Å². The van der Waals surface area contributed by atoms with Crippen LogP contribution in [0.5, 0.6) is 17.2 Å². The van der Waals surface area contributed by atoms with Gasteiger partial charge in [-0.2, -0.15) is 0 Å². The van der Waals surface area contributed by atoms with Gasteiger partial charge in [0.05, 0.1) is 11.6 Å². The van der Waals surface area contributed by atoms with Crippen LogP contribution >= 0.6 is 0 Å². The number of hydrogen-bond acceptors (Lipinski definition) is 9. The molecule has 0 radical (unpaired) electrons. The first-order chi connectivity index (χ1) is 32.2. The third kappa shape index (κ3) is 9.93. The quantitative estimate of drug-likeness (QED) is 0.0393. The summed E-state index contributed by atoms with van der Waals surface area (Å²) in [5, 5.41) is 38.9. The normalized spacial score (nSPS) is 11.9. The van der Waals surface area contributed by atoms with E-state index in [9.17, 15) is 34.5 Å². The molecule has 0 saturated carbocycles. The van der Waals surface area contributed by atoms with Crippen molar-refractivity contribution in [2.75, 3.05) is 46.2 Å². The van der Waals surface area contributed by atoms with Gasteiger partial charge >= 0.3 is 5.97 Å². The third-order valence-corrected chi connectivity index (χ3v) is 11.9. The summed E-state index contributed by atoms with van der Waals surface area (Å²) in [7, 11) is 7.76. The van der Waals surface area contributed by atoms with Crippen LogP contribution in [0, 0.1) is 0 Å². The number of aromatic carboxylic acids is 1. The second-order valence-electron chi connectivity index (χ2n) is 17.0. The lowest BCUT2D eigenvalue weighted by Gasteiger charge is -2.19. The summed E-state index contributed by atoms with van der Waals surface area (Å²) in [5.41, 5.74) is 6.60. The second kappa shape index (κ2) is 19.5. The smallest absolute Gasteiger partial charge is 0.336 e. The van der Waals surface area contributed by atoms with E-state index in [0.717, 1.165) is 44.8 Å². The first-order valence-electron chi connectivity index (χ1n) is 22.0. The Morgan fingerprint density at radius 2 is 1.43 bits per heavy atom.